The number of hydrogen-bond donors (Lipinski definition) is 1. The highest BCUT2D eigenvalue weighted by molar-refractivity contribution is 5.85. The Labute approximate surface area is 131 Å². The van der Waals surface area contributed by atoms with Gasteiger partial charge in [-0.2, -0.15) is 0 Å². The van der Waals surface area contributed by atoms with Crippen molar-refractivity contribution >= 4 is 18.3 Å². The van der Waals surface area contributed by atoms with Crippen molar-refractivity contribution in [3.63, 3.8) is 0 Å². The molecule has 1 aliphatic heterocycles. The highest BCUT2D eigenvalue weighted by atomic mass is 35.5. The molecule has 0 radical (unpaired) electrons. The SMILES string of the molecule is CCOC1CC1C(=O)N1CCNCC1c1cccnc1.Cl. The molecule has 2 heterocycles. The van der Waals surface area contributed by atoms with Crippen molar-refractivity contribution in [2.45, 2.75) is 25.5 Å². The van der Waals surface area contributed by atoms with E-state index in [-0.39, 0.29) is 36.4 Å². The predicted octanol–water partition coefficient (Wildman–Crippen LogP) is 1.40. The fraction of sp³-hybridized carbons (Fsp3) is 0.600. The first-order valence-electron chi connectivity index (χ1n) is 7.34. The van der Waals surface area contributed by atoms with Crippen molar-refractivity contribution in [2.75, 3.05) is 26.2 Å². The lowest BCUT2D eigenvalue weighted by atomic mass is 10.0. The molecule has 0 aromatic carbocycles. The summed E-state index contributed by atoms with van der Waals surface area (Å²) in [5.41, 5.74) is 1.10. The zero-order chi connectivity index (χ0) is 13.9. The van der Waals surface area contributed by atoms with Crippen LogP contribution in [0.25, 0.3) is 0 Å². The number of nitrogens with zero attached hydrogens (tertiary/aromatic N) is 2. The van der Waals surface area contributed by atoms with E-state index in [9.17, 15) is 4.79 Å². The third-order valence-electron chi connectivity index (χ3n) is 4.03. The minimum Gasteiger partial charge on any atom is -0.378 e. The number of aromatic nitrogens is 1. The third-order valence-corrected chi connectivity index (χ3v) is 4.03. The number of amides is 1. The van der Waals surface area contributed by atoms with Gasteiger partial charge in [-0.3, -0.25) is 9.78 Å². The van der Waals surface area contributed by atoms with Crippen molar-refractivity contribution in [2.24, 2.45) is 5.92 Å². The number of carbonyl (C=O) groups excluding carboxylic acids is 1. The minimum absolute atomic E-state index is 0. The maximum atomic E-state index is 12.6. The van der Waals surface area contributed by atoms with E-state index in [2.05, 4.69) is 10.3 Å². The van der Waals surface area contributed by atoms with Gasteiger partial charge in [0, 0.05) is 38.6 Å². The van der Waals surface area contributed by atoms with E-state index in [4.69, 9.17) is 4.74 Å². The van der Waals surface area contributed by atoms with Crippen LogP contribution in [0.3, 0.4) is 0 Å². The van der Waals surface area contributed by atoms with E-state index >= 15 is 0 Å². The van der Waals surface area contributed by atoms with Crippen molar-refractivity contribution in [3.05, 3.63) is 30.1 Å². The van der Waals surface area contributed by atoms with Crippen LogP contribution >= 0.6 is 12.4 Å². The fourth-order valence-electron chi connectivity index (χ4n) is 2.88. The number of rotatable bonds is 4. The van der Waals surface area contributed by atoms with Crippen molar-refractivity contribution in [3.8, 4) is 0 Å². The second-order valence-corrected chi connectivity index (χ2v) is 5.37. The Hall–Kier alpha value is -1.17. The zero-order valence-electron chi connectivity index (χ0n) is 12.2. The number of halogens is 1. The van der Waals surface area contributed by atoms with Gasteiger partial charge >= 0.3 is 0 Å². The molecule has 1 N–H and O–H groups in total. The molecule has 3 rings (SSSR count). The number of piperazine rings is 1. The van der Waals surface area contributed by atoms with Crippen molar-refractivity contribution < 1.29 is 9.53 Å². The molecule has 2 aliphatic rings. The van der Waals surface area contributed by atoms with Crippen LogP contribution < -0.4 is 5.32 Å². The maximum absolute atomic E-state index is 12.6. The molecule has 0 spiro atoms. The molecular formula is C15H22ClN3O2. The van der Waals surface area contributed by atoms with Crippen LogP contribution in [0.1, 0.15) is 24.9 Å². The first kappa shape index (κ1) is 16.2. The third kappa shape index (κ3) is 3.54. The van der Waals surface area contributed by atoms with Crippen LogP contribution in [0.15, 0.2) is 24.5 Å². The molecule has 1 aromatic rings. The van der Waals surface area contributed by atoms with Crippen LogP contribution in [0.5, 0.6) is 0 Å². The number of ether oxygens (including phenoxy) is 1. The molecular weight excluding hydrogens is 290 g/mol. The number of nitrogens with one attached hydrogen (secondary N) is 1. The lowest BCUT2D eigenvalue weighted by molar-refractivity contribution is -0.137. The van der Waals surface area contributed by atoms with Gasteiger partial charge in [0.2, 0.25) is 5.91 Å². The maximum Gasteiger partial charge on any atom is 0.229 e. The molecule has 1 saturated carbocycles. The van der Waals surface area contributed by atoms with Crippen molar-refractivity contribution in [1.82, 2.24) is 15.2 Å². The summed E-state index contributed by atoms with van der Waals surface area (Å²) in [5, 5.41) is 3.36. The van der Waals surface area contributed by atoms with E-state index in [1.165, 1.54) is 0 Å². The van der Waals surface area contributed by atoms with E-state index in [1.807, 2.05) is 30.2 Å². The molecule has 5 nitrogen and oxygen atoms in total. The summed E-state index contributed by atoms with van der Waals surface area (Å²) in [6.07, 6.45) is 4.62. The van der Waals surface area contributed by atoms with Gasteiger partial charge in [0.15, 0.2) is 0 Å². The molecule has 1 amide bonds. The Morgan fingerprint density at radius 2 is 2.43 bits per heavy atom. The topological polar surface area (TPSA) is 54.5 Å². The van der Waals surface area contributed by atoms with Gasteiger partial charge < -0.3 is 15.0 Å². The van der Waals surface area contributed by atoms with Gasteiger partial charge in [-0.15, -0.1) is 12.4 Å². The molecule has 21 heavy (non-hydrogen) atoms. The van der Waals surface area contributed by atoms with Crippen LogP contribution in [0.4, 0.5) is 0 Å². The Kier molecular flexibility index (Phi) is 5.56. The monoisotopic (exact) mass is 311 g/mol. The Morgan fingerprint density at radius 3 is 3.14 bits per heavy atom. The average molecular weight is 312 g/mol. The van der Waals surface area contributed by atoms with Gasteiger partial charge in [-0.05, 0) is 25.0 Å². The molecule has 0 bridgehead atoms. The first-order valence-corrected chi connectivity index (χ1v) is 7.34. The summed E-state index contributed by atoms with van der Waals surface area (Å²) in [5.74, 6) is 0.297. The summed E-state index contributed by atoms with van der Waals surface area (Å²) in [6, 6.07) is 4.05. The summed E-state index contributed by atoms with van der Waals surface area (Å²) in [7, 11) is 0. The summed E-state index contributed by atoms with van der Waals surface area (Å²) < 4.78 is 5.54. The highest BCUT2D eigenvalue weighted by Gasteiger charge is 2.47. The Balaban J connectivity index is 0.00000161. The van der Waals surface area contributed by atoms with E-state index < -0.39 is 0 Å². The highest BCUT2D eigenvalue weighted by Crippen LogP contribution is 2.37. The van der Waals surface area contributed by atoms with Gasteiger partial charge in [0.05, 0.1) is 18.1 Å². The van der Waals surface area contributed by atoms with Crippen LogP contribution in [-0.2, 0) is 9.53 Å². The predicted molar refractivity (Wildman–Crippen MR) is 82.3 cm³/mol. The van der Waals surface area contributed by atoms with Crippen LogP contribution in [0, 0.1) is 5.92 Å². The molecule has 2 fully saturated rings. The Morgan fingerprint density at radius 1 is 1.57 bits per heavy atom. The molecule has 3 unspecified atom stereocenters. The quantitative estimate of drug-likeness (QED) is 0.913. The number of carbonyl (C=O) groups is 1. The molecule has 1 saturated heterocycles. The lowest BCUT2D eigenvalue weighted by Gasteiger charge is -2.36. The summed E-state index contributed by atoms with van der Waals surface area (Å²) in [4.78, 5) is 18.8. The zero-order valence-corrected chi connectivity index (χ0v) is 13.0. The fourth-order valence-corrected chi connectivity index (χ4v) is 2.88. The van der Waals surface area contributed by atoms with Gasteiger partial charge in [0.25, 0.3) is 0 Å². The van der Waals surface area contributed by atoms with E-state index in [0.29, 0.717) is 6.61 Å². The molecule has 3 atom stereocenters. The van der Waals surface area contributed by atoms with Crippen LogP contribution in [0.2, 0.25) is 0 Å². The van der Waals surface area contributed by atoms with Gasteiger partial charge in [-0.1, -0.05) is 6.07 Å². The Bertz CT molecular complexity index is 471. The molecule has 6 heteroatoms. The second kappa shape index (κ2) is 7.20. The number of pyridine rings is 1. The average Bonchev–Trinajstić information content (AvgIpc) is 3.27. The lowest BCUT2D eigenvalue weighted by Crippen LogP contribution is -2.49. The van der Waals surface area contributed by atoms with E-state index in [0.717, 1.165) is 31.6 Å². The molecule has 1 aromatic heterocycles. The number of hydrogen-bond acceptors (Lipinski definition) is 4. The van der Waals surface area contributed by atoms with Crippen LogP contribution in [-0.4, -0.2) is 48.1 Å². The summed E-state index contributed by atoms with van der Waals surface area (Å²) in [6.45, 7) is 5.07. The van der Waals surface area contributed by atoms with Gasteiger partial charge in [0.1, 0.15) is 0 Å². The van der Waals surface area contributed by atoms with Gasteiger partial charge in [-0.25, -0.2) is 0 Å². The second-order valence-electron chi connectivity index (χ2n) is 5.37. The van der Waals surface area contributed by atoms with Crippen molar-refractivity contribution in [1.29, 1.82) is 0 Å². The summed E-state index contributed by atoms with van der Waals surface area (Å²) >= 11 is 0. The smallest absolute Gasteiger partial charge is 0.229 e. The normalized spacial score (nSPS) is 27.9. The van der Waals surface area contributed by atoms with E-state index in [1.54, 1.807) is 6.20 Å². The molecule has 116 valence electrons. The largest absolute Gasteiger partial charge is 0.378 e. The minimum atomic E-state index is 0. The standard InChI is InChI=1S/C15H21N3O2.ClH/c1-2-20-14-8-12(14)15(19)18-7-6-17-10-13(18)11-4-3-5-16-9-11;/h3-5,9,12-14,17H,2,6-8,10H2,1H3;1H. The molecule has 1 aliphatic carbocycles. The first-order chi connectivity index (χ1) is 9.81.